The highest BCUT2D eigenvalue weighted by Gasteiger charge is 2.44. The van der Waals surface area contributed by atoms with Crippen molar-refractivity contribution in [3.05, 3.63) is 64.2 Å². The van der Waals surface area contributed by atoms with Crippen molar-refractivity contribution in [2.45, 2.75) is 49.4 Å². The Morgan fingerprint density at radius 1 is 1.15 bits per heavy atom. The van der Waals surface area contributed by atoms with Gasteiger partial charge in [0.1, 0.15) is 6.04 Å². The molecule has 1 aliphatic rings. The molecule has 0 saturated heterocycles. The van der Waals surface area contributed by atoms with Crippen LogP contribution in [0.25, 0.3) is 5.69 Å². The lowest BCUT2D eigenvalue weighted by molar-refractivity contribution is -0.146. The van der Waals surface area contributed by atoms with E-state index in [0.717, 1.165) is 16.3 Å². The number of alkyl halides is 3. The van der Waals surface area contributed by atoms with E-state index in [2.05, 4.69) is 15.5 Å². The number of carbonyl (C=O) groups excluding carboxylic acids is 1. The number of para-hydroxylation sites is 1. The molecular formula is C27H28ClF3N4O5S. The van der Waals surface area contributed by atoms with Crippen molar-refractivity contribution in [2.75, 3.05) is 14.2 Å². The van der Waals surface area contributed by atoms with Crippen LogP contribution >= 0.6 is 23.4 Å². The fraction of sp³-hybridized carbons (Fsp3) is 0.407. The molecule has 0 saturated carbocycles. The molecule has 3 atom stereocenters. The zero-order chi connectivity index (χ0) is 30.1. The van der Waals surface area contributed by atoms with Crippen LogP contribution in [0.2, 0.25) is 5.02 Å². The molecule has 0 spiro atoms. The number of rotatable bonds is 9. The van der Waals surface area contributed by atoms with E-state index in [4.69, 9.17) is 21.1 Å². The molecule has 4 rings (SSSR count). The summed E-state index contributed by atoms with van der Waals surface area (Å²) in [6, 6.07) is 8.47. The van der Waals surface area contributed by atoms with Crippen molar-refractivity contribution < 1.29 is 37.3 Å². The third-order valence-corrected chi connectivity index (χ3v) is 8.19. The molecule has 0 fully saturated rings. The largest absolute Gasteiger partial charge is 0.493 e. The van der Waals surface area contributed by atoms with Gasteiger partial charge in [-0.1, -0.05) is 37.6 Å². The van der Waals surface area contributed by atoms with Gasteiger partial charge in [-0.25, -0.2) is 4.79 Å². The Morgan fingerprint density at radius 2 is 1.88 bits per heavy atom. The second-order valence-corrected chi connectivity index (χ2v) is 11.5. The van der Waals surface area contributed by atoms with Gasteiger partial charge in [-0.15, -0.1) is 22.0 Å². The van der Waals surface area contributed by atoms with Gasteiger partial charge >= 0.3 is 12.1 Å². The number of carbonyl (C=O) groups is 2. The van der Waals surface area contributed by atoms with Gasteiger partial charge in [0.15, 0.2) is 17.3 Å². The van der Waals surface area contributed by atoms with Crippen molar-refractivity contribution in [3.63, 3.8) is 0 Å². The van der Waals surface area contributed by atoms with E-state index in [9.17, 15) is 27.9 Å². The third kappa shape index (κ3) is 6.40. The molecule has 1 aliphatic heterocycles. The SMILES string of the molecule is COc1cccc([C@@H]2S[C@@H](CC(=O)N[C@@H](CC(C)C)C(=O)O)c3nnc(C(F)(F)F)n3-c3ccc(Cl)cc32)c1OC. The Kier molecular flexibility index (Phi) is 9.07. The molecule has 1 aromatic heterocycles. The first kappa shape index (κ1) is 30.5. The number of benzene rings is 2. The summed E-state index contributed by atoms with van der Waals surface area (Å²) in [4.78, 5) is 25.0. The quantitative estimate of drug-likeness (QED) is 0.310. The van der Waals surface area contributed by atoms with Crippen LogP contribution in [-0.2, 0) is 15.8 Å². The van der Waals surface area contributed by atoms with Crippen molar-refractivity contribution in [3.8, 4) is 17.2 Å². The highest BCUT2D eigenvalue weighted by atomic mass is 35.5. The zero-order valence-corrected chi connectivity index (χ0v) is 24.1. The van der Waals surface area contributed by atoms with E-state index >= 15 is 0 Å². The van der Waals surface area contributed by atoms with Gasteiger partial charge in [0.25, 0.3) is 0 Å². The summed E-state index contributed by atoms with van der Waals surface area (Å²) in [5.41, 5.74) is 1.11. The van der Waals surface area contributed by atoms with Crippen molar-refractivity contribution in [2.24, 2.45) is 5.92 Å². The number of fused-ring (bicyclic) bond motifs is 3. The first-order valence-electron chi connectivity index (χ1n) is 12.6. The number of amides is 1. The molecule has 0 aliphatic carbocycles. The standard InChI is InChI=1S/C27H28ClF3N4O5S/c1-13(2)10-17(25(37)38)32-21(36)12-20-24-33-34-26(27(29,30)31)35(24)18-9-8-14(28)11-16(18)23(41-20)15-6-5-7-19(39-3)22(15)40-4/h5-9,11,13,17,20,23H,10,12H2,1-4H3,(H,32,36)(H,37,38)/t17-,20-,23-/m0/s1. The number of nitrogens with one attached hydrogen (secondary N) is 1. The Bertz CT molecular complexity index is 1450. The minimum absolute atomic E-state index is 0.0229. The van der Waals surface area contributed by atoms with Crippen LogP contribution in [0.3, 0.4) is 0 Å². The van der Waals surface area contributed by atoms with Gasteiger partial charge in [0.05, 0.1) is 30.4 Å². The third-order valence-electron chi connectivity index (χ3n) is 6.47. The van der Waals surface area contributed by atoms with E-state index in [1.54, 1.807) is 24.3 Å². The van der Waals surface area contributed by atoms with Crippen molar-refractivity contribution in [1.82, 2.24) is 20.1 Å². The fourth-order valence-corrected chi connectivity index (χ4v) is 6.48. The second kappa shape index (κ2) is 12.2. The van der Waals surface area contributed by atoms with Crippen LogP contribution in [0.15, 0.2) is 36.4 Å². The van der Waals surface area contributed by atoms with Gasteiger partial charge in [-0.2, -0.15) is 13.2 Å². The molecule has 2 N–H and O–H groups in total. The van der Waals surface area contributed by atoms with Gasteiger partial charge in [0.2, 0.25) is 11.7 Å². The Hall–Kier alpha value is -3.45. The van der Waals surface area contributed by atoms with Crippen molar-refractivity contribution in [1.29, 1.82) is 0 Å². The molecule has 1 amide bonds. The maximum atomic E-state index is 14.2. The number of halogens is 4. The smallest absolute Gasteiger partial charge is 0.452 e. The van der Waals surface area contributed by atoms with Crippen LogP contribution in [-0.4, -0.2) is 52.0 Å². The highest BCUT2D eigenvalue weighted by Crippen LogP contribution is 2.54. The lowest BCUT2D eigenvalue weighted by Crippen LogP contribution is -2.42. The number of nitrogens with zero attached hydrogens (tertiary/aromatic N) is 3. The van der Waals surface area contributed by atoms with Crippen molar-refractivity contribution >= 4 is 35.2 Å². The topological polar surface area (TPSA) is 116 Å². The van der Waals surface area contributed by atoms with Gasteiger partial charge in [0, 0.05) is 17.0 Å². The maximum Gasteiger partial charge on any atom is 0.452 e. The first-order valence-corrected chi connectivity index (χ1v) is 13.9. The van der Waals surface area contributed by atoms with Gasteiger partial charge in [-0.3, -0.25) is 9.36 Å². The average Bonchev–Trinajstić information content (AvgIpc) is 3.31. The number of carboxylic acid groups (broad SMARTS) is 1. The molecule has 2 aromatic carbocycles. The molecule has 0 unspecified atom stereocenters. The first-order chi connectivity index (χ1) is 19.3. The molecule has 220 valence electrons. The number of ether oxygens (including phenoxy) is 2. The number of hydrogen-bond acceptors (Lipinski definition) is 7. The normalized spacial score (nSPS) is 17.3. The van der Waals surface area contributed by atoms with Gasteiger partial charge in [-0.05, 0) is 42.2 Å². The summed E-state index contributed by atoms with van der Waals surface area (Å²) < 4.78 is 54.6. The van der Waals surface area contributed by atoms with Crippen LogP contribution < -0.4 is 14.8 Å². The Balaban J connectivity index is 1.89. The summed E-state index contributed by atoms with van der Waals surface area (Å²) in [7, 11) is 2.91. The average molecular weight is 613 g/mol. The molecule has 2 heterocycles. The lowest BCUT2D eigenvalue weighted by Gasteiger charge is -2.24. The zero-order valence-electron chi connectivity index (χ0n) is 22.5. The highest BCUT2D eigenvalue weighted by molar-refractivity contribution is 8.00. The lowest BCUT2D eigenvalue weighted by atomic mass is 10.0. The molecule has 9 nitrogen and oxygen atoms in total. The van der Waals surface area contributed by atoms with E-state index in [-0.39, 0.29) is 35.3 Å². The summed E-state index contributed by atoms with van der Waals surface area (Å²) in [5, 5.41) is 18.1. The predicted molar refractivity (Wildman–Crippen MR) is 147 cm³/mol. The van der Waals surface area contributed by atoms with Gasteiger partial charge < -0.3 is 19.9 Å². The Labute approximate surface area is 243 Å². The molecular weight excluding hydrogens is 585 g/mol. The number of carboxylic acids is 1. The monoisotopic (exact) mass is 612 g/mol. The van der Waals surface area contributed by atoms with E-state index in [1.807, 2.05) is 13.8 Å². The summed E-state index contributed by atoms with van der Waals surface area (Å²) in [5.74, 6) is -2.49. The number of aliphatic carboxylic acids is 1. The summed E-state index contributed by atoms with van der Waals surface area (Å²) >= 11 is 7.50. The van der Waals surface area contributed by atoms with Crippen LogP contribution in [0.1, 0.15) is 60.0 Å². The van der Waals surface area contributed by atoms with E-state index < -0.39 is 40.4 Å². The number of hydrogen-bond donors (Lipinski definition) is 2. The van der Waals surface area contributed by atoms with Crippen LogP contribution in [0.4, 0.5) is 13.2 Å². The number of thioether (sulfide) groups is 1. The fourth-order valence-electron chi connectivity index (χ4n) is 4.78. The van der Waals surface area contributed by atoms with Crippen LogP contribution in [0.5, 0.6) is 11.5 Å². The molecule has 14 heteroatoms. The molecule has 3 aromatic rings. The molecule has 0 radical (unpaired) electrons. The minimum Gasteiger partial charge on any atom is -0.493 e. The second-order valence-electron chi connectivity index (χ2n) is 9.80. The van der Waals surface area contributed by atoms with Crippen LogP contribution in [0, 0.1) is 5.92 Å². The number of aromatic nitrogens is 3. The van der Waals surface area contributed by atoms with E-state index in [0.29, 0.717) is 22.6 Å². The maximum absolute atomic E-state index is 14.2. The molecule has 0 bridgehead atoms. The summed E-state index contributed by atoms with van der Waals surface area (Å²) in [6.07, 6.45) is -5.05. The summed E-state index contributed by atoms with van der Waals surface area (Å²) in [6.45, 7) is 3.64. The Morgan fingerprint density at radius 3 is 2.49 bits per heavy atom. The van der Waals surface area contributed by atoms with E-state index in [1.165, 1.54) is 26.4 Å². The number of methoxy groups -OCH3 is 2. The predicted octanol–water partition coefficient (Wildman–Crippen LogP) is 5.84. The molecule has 41 heavy (non-hydrogen) atoms. The minimum atomic E-state index is -4.86.